The summed E-state index contributed by atoms with van der Waals surface area (Å²) >= 11 is 10.4. The van der Waals surface area contributed by atoms with Gasteiger partial charge in [0, 0.05) is 0 Å². The Balaban J connectivity index is 4.74. The summed E-state index contributed by atoms with van der Waals surface area (Å²) in [6.07, 6.45) is 0. The fourth-order valence-corrected chi connectivity index (χ4v) is 0.905. The van der Waals surface area contributed by atoms with Crippen LogP contribution in [0.25, 0.3) is 0 Å². The van der Waals surface area contributed by atoms with Crippen molar-refractivity contribution in [2.24, 2.45) is 11.8 Å². The first-order chi connectivity index (χ1) is 5.54. The molecule has 0 fully saturated rings. The van der Waals surface area contributed by atoms with Crippen molar-refractivity contribution in [3.05, 3.63) is 0 Å². The molecule has 0 aliphatic rings. The van der Waals surface area contributed by atoms with E-state index in [1.165, 1.54) is 0 Å². The summed E-state index contributed by atoms with van der Waals surface area (Å²) in [5.41, 5.74) is 0. The minimum atomic E-state index is -1.14. The lowest BCUT2D eigenvalue weighted by Crippen LogP contribution is -2.21. The van der Waals surface area contributed by atoms with Gasteiger partial charge in [-0.2, -0.15) is 10.5 Å². The van der Waals surface area contributed by atoms with Gasteiger partial charge >= 0.3 is 0 Å². The highest BCUT2D eigenvalue weighted by Gasteiger charge is 2.27. The molecule has 0 spiro atoms. The predicted molar refractivity (Wildman–Crippen MR) is 45.4 cm³/mol. The van der Waals surface area contributed by atoms with Crippen molar-refractivity contribution in [2.75, 3.05) is 0 Å². The zero-order valence-corrected chi connectivity index (χ0v) is 7.32. The molecule has 2 unspecified atom stereocenters. The number of hydrogen-bond donors (Lipinski definition) is 2. The van der Waals surface area contributed by atoms with Crippen LogP contribution in [-0.4, -0.2) is 10.3 Å². The molecule has 0 radical (unpaired) electrons. The van der Waals surface area contributed by atoms with Crippen LogP contribution in [-0.2, 0) is 0 Å². The second-order valence-electron chi connectivity index (χ2n) is 1.91. The quantitative estimate of drug-likeness (QED) is 0.682. The van der Waals surface area contributed by atoms with E-state index in [0.29, 0.717) is 0 Å². The number of nitrogens with one attached hydrogen (secondary N) is 2. The van der Waals surface area contributed by atoms with Gasteiger partial charge in [0.15, 0.2) is 0 Å². The molecule has 0 aromatic rings. The zero-order valence-electron chi connectivity index (χ0n) is 5.81. The van der Waals surface area contributed by atoms with Crippen LogP contribution in [0.2, 0.25) is 0 Å². The van der Waals surface area contributed by atoms with E-state index in [-0.39, 0.29) is 0 Å². The lowest BCUT2D eigenvalue weighted by atomic mass is 9.97. The maximum atomic E-state index is 8.47. The molecule has 6 heteroatoms. The summed E-state index contributed by atoms with van der Waals surface area (Å²) in [5.74, 6) is -2.27. The zero-order chi connectivity index (χ0) is 9.72. The first kappa shape index (κ1) is 10.9. The number of hydrogen-bond acceptors (Lipinski definition) is 4. The Morgan fingerprint density at radius 3 is 1.33 bits per heavy atom. The van der Waals surface area contributed by atoms with Crippen molar-refractivity contribution in [1.29, 1.82) is 21.3 Å². The van der Waals surface area contributed by atoms with Crippen LogP contribution in [0.15, 0.2) is 0 Å². The number of rotatable bonds is 3. The van der Waals surface area contributed by atoms with Gasteiger partial charge in [-0.15, -0.1) is 0 Å². The lowest BCUT2D eigenvalue weighted by molar-refractivity contribution is 0.785. The maximum absolute atomic E-state index is 8.47. The largest absolute Gasteiger partial charge is 0.292 e. The Morgan fingerprint density at radius 2 is 1.25 bits per heavy atom. The van der Waals surface area contributed by atoms with E-state index in [9.17, 15) is 0 Å². The van der Waals surface area contributed by atoms with Crippen LogP contribution in [0.4, 0.5) is 0 Å². The molecule has 0 amide bonds. The van der Waals surface area contributed by atoms with Gasteiger partial charge in [0.2, 0.25) is 0 Å². The Kier molecular flexibility index (Phi) is 4.28. The molecule has 0 aliphatic carbocycles. The van der Waals surface area contributed by atoms with E-state index >= 15 is 0 Å². The second kappa shape index (κ2) is 4.71. The molecule has 0 bridgehead atoms. The summed E-state index contributed by atoms with van der Waals surface area (Å²) in [6.45, 7) is 0. The molecule has 0 rings (SSSR count). The molecule has 0 aromatic heterocycles. The van der Waals surface area contributed by atoms with Crippen LogP contribution < -0.4 is 0 Å². The van der Waals surface area contributed by atoms with E-state index in [0.717, 1.165) is 0 Å². The van der Waals surface area contributed by atoms with Crippen LogP contribution >= 0.6 is 23.2 Å². The van der Waals surface area contributed by atoms with Gasteiger partial charge in [-0.1, -0.05) is 23.2 Å². The molecular weight excluding hydrogens is 199 g/mol. The molecule has 0 saturated carbocycles. The third kappa shape index (κ3) is 2.50. The van der Waals surface area contributed by atoms with Crippen molar-refractivity contribution in [3.63, 3.8) is 0 Å². The Bertz CT molecular complexity index is 255. The lowest BCUT2D eigenvalue weighted by Gasteiger charge is -2.08. The fourth-order valence-electron chi connectivity index (χ4n) is 0.555. The van der Waals surface area contributed by atoms with Crippen molar-refractivity contribution in [1.82, 2.24) is 0 Å². The number of halogens is 2. The highest BCUT2D eigenvalue weighted by atomic mass is 35.5. The first-order valence-corrected chi connectivity index (χ1v) is 3.57. The molecule has 2 N–H and O–H groups in total. The summed E-state index contributed by atoms with van der Waals surface area (Å²) in [4.78, 5) is 0. The fraction of sp³-hybridized carbons (Fsp3) is 0.333. The van der Waals surface area contributed by atoms with Crippen LogP contribution in [0.5, 0.6) is 0 Å². The third-order valence-electron chi connectivity index (χ3n) is 1.16. The number of nitrogens with zero attached hydrogens (tertiary/aromatic N) is 2. The van der Waals surface area contributed by atoms with Gasteiger partial charge in [-0.05, 0) is 0 Å². The molecule has 0 aromatic carbocycles. The van der Waals surface area contributed by atoms with E-state index in [4.69, 9.17) is 44.5 Å². The summed E-state index contributed by atoms with van der Waals surface area (Å²) in [5, 5.41) is 29.8. The van der Waals surface area contributed by atoms with Crippen molar-refractivity contribution < 1.29 is 0 Å². The summed E-state index contributed by atoms with van der Waals surface area (Å²) in [7, 11) is 0. The smallest absolute Gasteiger partial charge is 0.121 e. The standard InChI is InChI=1S/C6H4Cl2N4/c7-5(11)3(1-9)4(2-10)6(8)12/h3-4,11-12H. The highest BCUT2D eigenvalue weighted by molar-refractivity contribution is 6.68. The molecule has 0 heterocycles. The highest BCUT2D eigenvalue weighted by Crippen LogP contribution is 2.16. The predicted octanol–water partition coefficient (Wildman–Crippen LogP) is 1.70. The van der Waals surface area contributed by atoms with Gasteiger partial charge in [0.05, 0.1) is 12.1 Å². The normalized spacial score (nSPS) is 13.7. The first-order valence-electron chi connectivity index (χ1n) is 2.81. The van der Waals surface area contributed by atoms with E-state index in [1.54, 1.807) is 12.1 Å². The number of nitriles is 2. The Labute approximate surface area is 79.3 Å². The van der Waals surface area contributed by atoms with E-state index < -0.39 is 22.2 Å². The van der Waals surface area contributed by atoms with Gasteiger partial charge < -0.3 is 0 Å². The summed E-state index contributed by atoms with van der Waals surface area (Å²) in [6, 6.07) is 3.26. The van der Waals surface area contributed by atoms with Crippen LogP contribution in [0.3, 0.4) is 0 Å². The average molecular weight is 203 g/mol. The van der Waals surface area contributed by atoms with E-state index in [2.05, 4.69) is 0 Å². The van der Waals surface area contributed by atoms with Crippen LogP contribution in [0.1, 0.15) is 0 Å². The molecular formula is C6H4Cl2N4. The SMILES string of the molecule is N#CC(C(=N)Cl)C(C#N)C(=N)Cl. The molecule has 2 atom stereocenters. The minimum Gasteiger partial charge on any atom is -0.292 e. The average Bonchev–Trinajstić information content (AvgIpc) is 1.98. The second-order valence-corrected chi connectivity index (χ2v) is 2.72. The van der Waals surface area contributed by atoms with Gasteiger partial charge in [0.25, 0.3) is 0 Å². The van der Waals surface area contributed by atoms with Gasteiger partial charge in [-0.3, -0.25) is 10.8 Å². The van der Waals surface area contributed by atoms with Crippen molar-refractivity contribution in [2.45, 2.75) is 0 Å². The Hall–Kier alpha value is -1.10. The van der Waals surface area contributed by atoms with Gasteiger partial charge in [0.1, 0.15) is 22.2 Å². The van der Waals surface area contributed by atoms with Crippen molar-refractivity contribution in [3.8, 4) is 12.1 Å². The molecule has 62 valence electrons. The summed E-state index contributed by atoms with van der Waals surface area (Å²) < 4.78 is 0. The monoisotopic (exact) mass is 202 g/mol. The van der Waals surface area contributed by atoms with Crippen molar-refractivity contribution >= 4 is 33.5 Å². The third-order valence-corrected chi connectivity index (χ3v) is 1.63. The Morgan fingerprint density at radius 1 is 1.00 bits per heavy atom. The molecule has 4 nitrogen and oxygen atoms in total. The maximum Gasteiger partial charge on any atom is 0.121 e. The van der Waals surface area contributed by atoms with Gasteiger partial charge in [-0.25, -0.2) is 0 Å². The molecule has 0 saturated heterocycles. The minimum absolute atomic E-state index is 0.477. The molecule has 12 heavy (non-hydrogen) atoms. The van der Waals surface area contributed by atoms with Crippen LogP contribution in [0, 0.1) is 45.3 Å². The molecule has 0 aliphatic heterocycles. The topological polar surface area (TPSA) is 95.3 Å². The van der Waals surface area contributed by atoms with E-state index in [1.807, 2.05) is 0 Å².